The van der Waals surface area contributed by atoms with Gasteiger partial charge in [0.05, 0.1) is 12.6 Å². The van der Waals surface area contributed by atoms with Crippen molar-refractivity contribution in [3.05, 3.63) is 83.6 Å². The van der Waals surface area contributed by atoms with Crippen LogP contribution in [0.5, 0.6) is 0 Å². The summed E-state index contributed by atoms with van der Waals surface area (Å²) in [6.45, 7) is 4.23. The number of benzene rings is 2. The molecule has 0 bridgehead atoms. The molecule has 26 heavy (non-hydrogen) atoms. The SMILES string of the molecule is CCc1nnc([C@@H]2CN(C(c3ccccc3)c3ccccc3)CCO2)o1. The number of rotatable bonds is 5. The average molecular weight is 349 g/mol. The molecule has 2 heterocycles. The van der Waals surface area contributed by atoms with Gasteiger partial charge in [-0.3, -0.25) is 4.90 Å². The van der Waals surface area contributed by atoms with Gasteiger partial charge in [0.15, 0.2) is 0 Å². The van der Waals surface area contributed by atoms with Crippen molar-refractivity contribution >= 4 is 0 Å². The Morgan fingerprint density at radius 2 is 1.65 bits per heavy atom. The third-order valence-corrected chi connectivity index (χ3v) is 4.75. The second kappa shape index (κ2) is 7.81. The number of aromatic nitrogens is 2. The zero-order valence-corrected chi connectivity index (χ0v) is 14.9. The Kier molecular flexibility index (Phi) is 5.09. The highest BCUT2D eigenvalue weighted by molar-refractivity contribution is 5.32. The molecule has 0 aliphatic carbocycles. The first-order valence-corrected chi connectivity index (χ1v) is 9.13. The number of aryl methyl sites for hydroxylation is 1. The van der Waals surface area contributed by atoms with Crippen LogP contribution >= 0.6 is 0 Å². The Morgan fingerprint density at radius 1 is 1.00 bits per heavy atom. The third kappa shape index (κ3) is 3.54. The molecule has 0 spiro atoms. The fourth-order valence-corrected chi connectivity index (χ4v) is 3.48. The van der Waals surface area contributed by atoms with Crippen LogP contribution < -0.4 is 0 Å². The molecule has 0 unspecified atom stereocenters. The van der Waals surface area contributed by atoms with Gasteiger partial charge < -0.3 is 9.15 Å². The lowest BCUT2D eigenvalue weighted by molar-refractivity contribution is -0.0524. The minimum absolute atomic E-state index is 0.178. The highest BCUT2D eigenvalue weighted by Gasteiger charge is 2.31. The van der Waals surface area contributed by atoms with Crippen molar-refractivity contribution in [1.29, 1.82) is 0 Å². The van der Waals surface area contributed by atoms with Gasteiger partial charge >= 0.3 is 0 Å². The summed E-state index contributed by atoms with van der Waals surface area (Å²) in [5.41, 5.74) is 2.55. The molecule has 0 radical (unpaired) electrons. The van der Waals surface area contributed by atoms with Gasteiger partial charge in [-0.15, -0.1) is 10.2 Å². The van der Waals surface area contributed by atoms with Crippen molar-refractivity contribution in [2.24, 2.45) is 0 Å². The summed E-state index contributed by atoms with van der Waals surface area (Å²) in [4.78, 5) is 2.44. The molecular weight excluding hydrogens is 326 g/mol. The zero-order chi connectivity index (χ0) is 17.8. The predicted molar refractivity (Wildman–Crippen MR) is 98.7 cm³/mol. The van der Waals surface area contributed by atoms with Gasteiger partial charge in [-0.2, -0.15) is 0 Å². The molecule has 0 saturated carbocycles. The minimum atomic E-state index is -0.188. The van der Waals surface area contributed by atoms with E-state index >= 15 is 0 Å². The van der Waals surface area contributed by atoms with Gasteiger partial charge in [-0.1, -0.05) is 67.6 Å². The molecule has 5 heteroatoms. The Bertz CT molecular complexity index is 780. The molecule has 1 saturated heterocycles. The van der Waals surface area contributed by atoms with E-state index in [-0.39, 0.29) is 12.1 Å². The molecule has 1 atom stereocenters. The number of nitrogens with zero attached hydrogens (tertiary/aromatic N) is 3. The third-order valence-electron chi connectivity index (χ3n) is 4.75. The summed E-state index contributed by atoms with van der Waals surface area (Å²) in [6.07, 6.45) is 0.548. The number of hydrogen-bond donors (Lipinski definition) is 0. The molecule has 3 aromatic rings. The lowest BCUT2D eigenvalue weighted by Crippen LogP contribution is -2.41. The highest BCUT2D eigenvalue weighted by atomic mass is 16.5. The van der Waals surface area contributed by atoms with E-state index in [1.165, 1.54) is 11.1 Å². The standard InChI is InChI=1S/C21H23N3O2/c1-2-19-22-23-21(26-19)18-15-24(13-14-25-18)20(16-9-5-3-6-10-16)17-11-7-4-8-12-17/h3-12,18,20H,2,13-15H2,1H3/t18-/m0/s1. The van der Waals surface area contributed by atoms with Gasteiger partial charge in [0, 0.05) is 19.5 Å². The second-order valence-electron chi connectivity index (χ2n) is 6.47. The molecule has 2 aromatic carbocycles. The Morgan fingerprint density at radius 3 is 2.23 bits per heavy atom. The fourth-order valence-electron chi connectivity index (χ4n) is 3.48. The van der Waals surface area contributed by atoms with Crippen molar-refractivity contribution in [2.45, 2.75) is 25.5 Å². The van der Waals surface area contributed by atoms with Crippen molar-refractivity contribution in [2.75, 3.05) is 19.7 Å². The molecule has 5 nitrogen and oxygen atoms in total. The van der Waals surface area contributed by atoms with Crippen LogP contribution in [0.15, 0.2) is 65.1 Å². The van der Waals surface area contributed by atoms with E-state index in [4.69, 9.17) is 9.15 Å². The zero-order valence-electron chi connectivity index (χ0n) is 14.9. The summed E-state index contributed by atoms with van der Waals surface area (Å²) in [5, 5.41) is 8.26. The molecule has 134 valence electrons. The summed E-state index contributed by atoms with van der Waals surface area (Å²) < 4.78 is 11.7. The first kappa shape index (κ1) is 16.9. The van der Waals surface area contributed by atoms with Gasteiger partial charge in [0.25, 0.3) is 0 Å². The number of hydrogen-bond acceptors (Lipinski definition) is 5. The monoisotopic (exact) mass is 349 g/mol. The maximum atomic E-state index is 5.94. The van der Waals surface area contributed by atoms with Crippen LogP contribution in [0.4, 0.5) is 0 Å². The molecule has 1 aromatic heterocycles. The lowest BCUT2D eigenvalue weighted by Gasteiger charge is -2.37. The molecule has 1 aliphatic rings. The van der Waals surface area contributed by atoms with E-state index in [9.17, 15) is 0 Å². The summed E-state index contributed by atoms with van der Waals surface area (Å²) >= 11 is 0. The number of morpholine rings is 1. The molecule has 4 rings (SSSR count). The predicted octanol–water partition coefficient (Wildman–Crippen LogP) is 3.79. The van der Waals surface area contributed by atoms with Crippen LogP contribution in [-0.2, 0) is 11.2 Å². The van der Waals surface area contributed by atoms with Crippen LogP contribution in [0.3, 0.4) is 0 Å². The molecular formula is C21H23N3O2. The smallest absolute Gasteiger partial charge is 0.246 e. The van der Waals surface area contributed by atoms with E-state index in [1.807, 2.05) is 6.92 Å². The second-order valence-corrected chi connectivity index (χ2v) is 6.47. The quantitative estimate of drug-likeness (QED) is 0.701. The van der Waals surface area contributed by atoms with Crippen LogP contribution in [0.1, 0.15) is 42.0 Å². The fraction of sp³-hybridized carbons (Fsp3) is 0.333. The molecule has 0 N–H and O–H groups in total. The lowest BCUT2D eigenvalue weighted by atomic mass is 9.96. The first-order valence-electron chi connectivity index (χ1n) is 9.13. The van der Waals surface area contributed by atoms with Crippen molar-refractivity contribution in [3.8, 4) is 0 Å². The van der Waals surface area contributed by atoms with Crippen molar-refractivity contribution in [3.63, 3.8) is 0 Å². The van der Waals surface area contributed by atoms with Gasteiger partial charge in [-0.25, -0.2) is 0 Å². The number of ether oxygens (including phenoxy) is 1. The van der Waals surface area contributed by atoms with Gasteiger partial charge in [0.2, 0.25) is 11.8 Å². The van der Waals surface area contributed by atoms with Crippen molar-refractivity contribution < 1.29 is 9.15 Å². The van der Waals surface area contributed by atoms with E-state index < -0.39 is 0 Å². The summed E-state index contributed by atoms with van der Waals surface area (Å²) in [6, 6.07) is 21.4. The van der Waals surface area contributed by atoms with E-state index in [0.29, 0.717) is 18.4 Å². The molecule has 0 amide bonds. The first-order chi connectivity index (χ1) is 12.8. The van der Waals surface area contributed by atoms with Crippen LogP contribution in [0, 0.1) is 0 Å². The Hall–Kier alpha value is -2.50. The molecule has 1 fully saturated rings. The highest BCUT2D eigenvalue weighted by Crippen LogP contribution is 2.33. The topological polar surface area (TPSA) is 51.4 Å². The summed E-state index contributed by atoms with van der Waals surface area (Å²) in [5.74, 6) is 1.23. The Balaban J connectivity index is 1.63. The average Bonchev–Trinajstić information content (AvgIpc) is 3.20. The normalized spacial score (nSPS) is 18.3. The van der Waals surface area contributed by atoms with Gasteiger partial charge in [0.1, 0.15) is 6.10 Å². The van der Waals surface area contributed by atoms with E-state index in [1.54, 1.807) is 0 Å². The van der Waals surface area contributed by atoms with Gasteiger partial charge in [-0.05, 0) is 11.1 Å². The summed E-state index contributed by atoms with van der Waals surface area (Å²) in [7, 11) is 0. The van der Waals surface area contributed by atoms with Crippen LogP contribution in [-0.4, -0.2) is 34.8 Å². The molecule has 1 aliphatic heterocycles. The minimum Gasteiger partial charge on any atom is -0.422 e. The largest absolute Gasteiger partial charge is 0.422 e. The Labute approximate surface area is 153 Å². The van der Waals surface area contributed by atoms with Crippen LogP contribution in [0.25, 0.3) is 0 Å². The maximum absolute atomic E-state index is 5.94. The van der Waals surface area contributed by atoms with E-state index in [2.05, 4.69) is 75.8 Å². The maximum Gasteiger partial charge on any atom is 0.246 e. The van der Waals surface area contributed by atoms with E-state index in [0.717, 1.165) is 19.5 Å². The van der Waals surface area contributed by atoms with Crippen molar-refractivity contribution in [1.82, 2.24) is 15.1 Å². The van der Waals surface area contributed by atoms with Crippen LogP contribution in [0.2, 0.25) is 0 Å².